The van der Waals surface area contributed by atoms with E-state index in [0.29, 0.717) is 0 Å². The van der Waals surface area contributed by atoms with E-state index in [1.165, 1.54) is 0 Å². The van der Waals surface area contributed by atoms with Gasteiger partial charge in [0.05, 0.1) is 11.7 Å². The van der Waals surface area contributed by atoms with Crippen molar-refractivity contribution in [3.8, 4) is 0 Å². The molecule has 0 amide bonds. The number of nitrogens with zero attached hydrogens (tertiary/aromatic N) is 3. The maximum Gasteiger partial charge on any atom is 0.139 e. The number of anilines is 2. The summed E-state index contributed by atoms with van der Waals surface area (Å²) >= 11 is 0. The van der Waals surface area contributed by atoms with E-state index in [0.717, 1.165) is 40.6 Å². The Morgan fingerprint density at radius 3 is 2.50 bits per heavy atom. The minimum atomic E-state index is 0.0751. The molecule has 0 aliphatic carbocycles. The Kier molecular flexibility index (Phi) is 4.22. The van der Waals surface area contributed by atoms with Crippen LogP contribution in [0.15, 0.2) is 10.9 Å². The molecule has 0 spiro atoms. The number of aryl methyl sites for hydroxylation is 2. The molecule has 1 unspecified atom stereocenters. The van der Waals surface area contributed by atoms with Crippen LogP contribution in [0.5, 0.6) is 0 Å². The van der Waals surface area contributed by atoms with Crippen LogP contribution in [-0.2, 0) is 6.42 Å². The summed E-state index contributed by atoms with van der Waals surface area (Å²) in [7, 11) is 1.86. The zero-order valence-electron chi connectivity index (χ0n) is 12.6. The van der Waals surface area contributed by atoms with Crippen LogP contribution in [0.1, 0.15) is 42.5 Å². The van der Waals surface area contributed by atoms with Crippen LogP contribution in [0.3, 0.4) is 0 Å². The van der Waals surface area contributed by atoms with Gasteiger partial charge in [-0.05, 0) is 27.2 Å². The molecular weight excluding hydrogens is 254 g/mol. The molecular formula is C14H21N5O. The van der Waals surface area contributed by atoms with Crippen LogP contribution in [0, 0.1) is 13.8 Å². The van der Waals surface area contributed by atoms with Crippen LogP contribution in [0.4, 0.5) is 11.6 Å². The predicted octanol–water partition coefficient (Wildman–Crippen LogP) is 2.86. The Morgan fingerprint density at radius 1 is 1.25 bits per heavy atom. The van der Waals surface area contributed by atoms with Gasteiger partial charge in [0.1, 0.15) is 23.7 Å². The van der Waals surface area contributed by atoms with Crippen molar-refractivity contribution in [3.05, 3.63) is 28.9 Å². The highest BCUT2D eigenvalue weighted by atomic mass is 16.5. The highest BCUT2D eigenvalue weighted by Gasteiger charge is 2.18. The van der Waals surface area contributed by atoms with Crippen molar-refractivity contribution in [1.82, 2.24) is 15.1 Å². The zero-order valence-corrected chi connectivity index (χ0v) is 12.6. The van der Waals surface area contributed by atoms with Crippen molar-refractivity contribution in [2.75, 3.05) is 17.7 Å². The van der Waals surface area contributed by atoms with Gasteiger partial charge in [-0.25, -0.2) is 9.97 Å². The van der Waals surface area contributed by atoms with Gasteiger partial charge in [0.2, 0.25) is 0 Å². The molecule has 2 rings (SSSR count). The van der Waals surface area contributed by atoms with Crippen molar-refractivity contribution in [3.63, 3.8) is 0 Å². The van der Waals surface area contributed by atoms with Crippen LogP contribution in [-0.4, -0.2) is 22.2 Å². The molecule has 0 fully saturated rings. The van der Waals surface area contributed by atoms with E-state index in [-0.39, 0.29) is 6.04 Å². The fourth-order valence-electron chi connectivity index (χ4n) is 2.47. The molecule has 2 aromatic rings. The summed E-state index contributed by atoms with van der Waals surface area (Å²) in [5.41, 5.74) is 3.06. The quantitative estimate of drug-likeness (QED) is 0.874. The summed E-state index contributed by atoms with van der Waals surface area (Å²) in [4.78, 5) is 8.59. The highest BCUT2D eigenvalue weighted by Crippen LogP contribution is 2.27. The Hall–Kier alpha value is -2.11. The smallest absolute Gasteiger partial charge is 0.139 e. The molecule has 0 radical (unpaired) electrons. The lowest BCUT2D eigenvalue weighted by Crippen LogP contribution is -2.13. The van der Waals surface area contributed by atoms with E-state index >= 15 is 0 Å². The van der Waals surface area contributed by atoms with E-state index < -0.39 is 0 Å². The second-order valence-corrected chi connectivity index (χ2v) is 4.76. The second-order valence-electron chi connectivity index (χ2n) is 4.76. The highest BCUT2D eigenvalue weighted by molar-refractivity contribution is 5.58. The molecule has 0 aromatic carbocycles. The maximum atomic E-state index is 5.22. The molecule has 2 aromatic heterocycles. The minimum absolute atomic E-state index is 0.0751. The number of aromatic nitrogens is 3. The summed E-state index contributed by atoms with van der Waals surface area (Å²) < 4.78 is 5.22. The third-order valence-electron chi connectivity index (χ3n) is 3.41. The lowest BCUT2D eigenvalue weighted by atomic mass is 10.1. The normalized spacial score (nSPS) is 12.2. The zero-order chi connectivity index (χ0) is 14.7. The van der Waals surface area contributed by atoms with Crippen LogP contribution >= 0.6 is 0 Å². The van der Waals surface area contributed by atoms with E-state index in [1.54, 1.807) is 6.33 Å². The Bertz CT molecular complexity index is 574. The number of nitrogens with one attached hydrogen (secondary N) is 2. The standard InChI is InChI=1S/C14H21N5O/c1-6-11-13(15-5)16-7-17-14(11)18-8(2)12-9(3)19-20-10(12)4/h7-8H,6H2,1-5H3,(H2,15,16,17,18). The van der Waals surface area contributed by atoms with Crippen LogP contribution < -0.4 is 10.6 Å². The van der Waals surface area contributed by atoms with Gasteiger partial charge < -0.3 is 15.2 Å². The first-order valence-corrected chi connectivity index (χ1v) is 6.79. The first-order chi connectivity index (χ1) is 9.58. The molecule has 1 atom stereocenters. The van der Waals surface area contributed by atoms with Crippen molar-refractivity contribution >= 4 is 11.6 Å². The fraction of sp³-hybridized carbons (Fsp3) is 0.500. The fourth-order valence-corrected chi connectivity index (χ4v) is 2.47. The predicted molar refractivity (Wildman–Crippen MR) is 79.0 cm³/mol. The van der Waals surface area contributed by atoms with E-state index in [9.17, 15) is 0 Å². The minimum Gasteiger partial charge on any atom is -0.373 e. The molecule has 0 saturated heterocycles. The van der Waals surface area contributed by atoms with Gasteiger partial charge in [-0.2, -0.15) is 0 Å². The summed E-state index contributed by atoms with van der Waals surface area (Å²) in [5, 5.41) is 10.5. The van der Waals surface area contributed by atoms with Crippen LogP contribution in [0.25, 0.3) is 0 Å². The SMILES string of the molecule is CCc1c(NC)ncnc1NC(C)c1c(C)noc1C. The maximum absolute atomic E-state index is 5.22. The van der Waals surface area contributed by atoms with Gasteiger partial charge in [0.25, 0.3) is 0 Å². The van der Waals surface area contributed by atoms with Gasteiger partial charge in [-0.1, -0.05) is 12.1 Å². The Balaban J connectivity index is 2.30. The first kappa shape index (κ1) is 14.3. The van der Waals surface area contributed by atoms with Crippen molar-refractivity contribution in [2.24, 2.45) is 0 Å². The summed E-state index contributed by atoms with van der Waals surface area (Å²) in [6, 6.07) is 0.0751. The van der Waals surface area contributed by atoms with Crippen LogP contribution in [0.2, 0.25) is 0 Å². The molecule has 20 heavy (non-hydrogen) atoms. The molecule has 2 heterocycles. The lowest BCUT2D eigenvalue weighted by Gasteiger charge is -2.18. The third-order valence-corrected chi connectivity index (χ3v) is 3.41. The molecule has 6 nitrogen and oxygen atoms in total. The van der Waals surface area contributed by atoms with Crippen molar-refractivity contribution in [1.29, 1.82) is 0 Å². The topological polar surface area (TPSA) is 75.9 Å². The number of hydrogen-bond donors (Lipinski definition) is 2. The second kappa shape index (κ2) is 5.90. The molecule has 0 saturated carbocycles. The van der Waals surface area contributed by atoms with E-state index in [1.807, 2.05) is 20.9 Å². The number of hydrogen-bond acceptors (Lipinski definition) is 6. The molecule has 0 bridgehead atoms. The number of rotatable bonds is 5. The van der Waals surface area contributed by atoms with Crippen molar-refractivity contribution in [2.45, 2.75) is 40.2 Å². The van der Waals surface area contributed by atoms with Gasteiger partial charge in [0, 0.05) is 18.2 Å². The van der Waals surface area contributed by atoms with E-state index in [2.05, 4.69) is 39.6 Å². The average Bonchev–Trinajstić information content (AvgIpc) is 2.77. The lowest BCUT2D eigenvalue weighted by molar-refractivity contribution is 0.392. The summed E-state index contributed by atoms with van der Waals surface area (Å²) in [6.07, 6.45) is 2.42. The molecule has 0 aliphatic heterocycles. The molecule has 0 aliphatic rings. The van der Waals surface area contributed by atoms with Gasteiger partial charge in [-0.3, -0.25) is 0 Å². The first-order valence-electron chi connectivity index (χ1n) is 6.79. The average molecular weight is 275 g/mol. The summed E-state index contributed by atoms with van der Waals surface area (Å²) in [6.45, 7) is 8.04. The molecule has 6 heteroatoms. The molecule has 2 N–H and O–H groups in total. The van der Waals surface area contributed by atoms with Crippen molar-refractivity contribution < 1.29 is 4.52 Å². The Morgan fingerprint density at radius 2 is 1.95 bits per heavy atom. The van der Waals surface area contributed by atoms with E-state index in [4.69, 9.17) is 4.52 Å². The van der Waals surface area contributed by atoms with Gasteiger partial charge in [0.15, 0.2) is 0 Å². The third kappa shape index (κ3) is 2.59. The monoisotopic (exact) mass is 275 g/mol. The van der Waals surface area contributed by atoms with Gasteiger partial charge >= 0.3 is 0 Å². The summed E-state index contributed by atoms with van der Waals surface area (Å²) in [5.74, 6) is 2.54. The van der Waals surface area contributed by atoms with Gasteiger partial charge in [-0.15, -0.1) is 0 Å². The Labute approximate surface area is 119 Å². The largest absolute Gasteiger partial charge is 0.373 e. The molecule has 108 valence electrons.